The summed E-state index contributed by atoms with van der Waals surface area (Å²) in [6, 6.07) is 7.48. The van der Waals surface area contributed by atoms with E-state index in [-0.39, 0.29) is 17.9 Å². The largest absolute Gasteiger partial charge is 0.463 e. The van der Waals surface area contributed by atoms with Crippen LogP contribution in [0, 0.1) is 0 Å². The fourth-order valence-electron chi connectivity index (χ4n) is 3.54. The van der Waals surface area contributed by atoms with Crippen LogP contribution >= 0.6 is 0 Å². The van der Waals surface area contributed by atoms with Crippen LogP contribution in [0.25, 0.3) is 0 Å². The van der Waals surface area contributed by atoms with Crippen molar-refractivity contribution in [3.8, 4) is 0 Å². The number of hydrogen-bond acceptors (Lipinski definition) is 4. The van der Waals surface area contributed by atoms with Crippen LogP contribution in [0.2, 0.25) is 0 Å². The first kappa shape index (κ1) is 11.0. The minimum atomic E-state index is -0.579. The van der Waals surface area contributed by atoms with E-state index in [0.717, 1.165) is 11.3 Å². The Morgan fingerprint density at radius 1 is 1.32 bits per heavy atom. The lowest BCUT2D eigenvalue weighted by molar-refractivity contribution is -0.155. The number of rotatable bonds is 0. The van der Waals surface area contributed by atoms with Crippen LogP contribution in [0.4, 0.5) is 5.69 Å². The Morgan fingerprint density at radius 2 is 2.16 bits per heavy atom. The molecule has 19 heavy (non-hydrogen) atoms. The van der Waals surface area contributed by atoms with Crippen LogP contribution in [0.1, 0.15) is 12.0 Å². The maximum absolute atomic E-state index is 12.4. The molecule has 0 bridgehead atoms. The van der Waals surface area contributed by atoms with Gasteiger partial charge in [-0.3, -0.25) is 14.5 Å². The van der Waals surface area contributed by atoms with E-state index < -0.39 is 5.41 Å². The molecule has 1 aromatic rings. The lowest BCUT2D eigenvalue weighted by Gasteiger charge is -2.27. The van der Waals surface area contributed by atoms with Gasteiger partial charge in [0.25, 0.3) is 0 Å². The summed E-state index contributed by atoms with van der Waals surface area (Å²) in [4.78, 5) is 26.3. The van der Waals surface area contributed by atoms with Crippen LogP contribution < -0.4 is 5.32 Å². The van der Waals surface area contributed by atoms with Crippen molar-refractivity contribution >= 4 is 17.6 Å². The third-order valence-electron chi connectivity index (χ3n) is 4.48. The molecule has 0 aliphatic carbocycles. The van der Waals surface area contributed by atoms with Crippen molar-refractivity contribution < 1.29 is 14.3 Å². The monoisotopic (exact) mass is 258 g/mol. The summed E-state index contributed by atoms with van der Waals surface area (Å²) in [6.45, 7) is 1.75. The number of carbonyl (C=O) groups excluding carboxylic acids is 2. The van der Waals surface area contributed by atoms with E-state index in [9.17, 15) is 9.59 Å². The van der Waals surface area contributed by atoms with Crippen molar-refractivity contribution in [1.82, 2.24) is 4.90 Å². The molecule has 3 heterocycles. The molecule has 5 nitrogen and oxygen atoms in total. The predicted molar refractivity (Wildman–Crippen MR) is 67.7 cm³/mol. The maximum Gasteiger partial charge on any atom is 0.323 e. The summed E-state index contributed by atoms with van der Waals surface area (Å²) < 4.78 is 5.11. The molecule has 2 unspecified atom stereocenters. The number of anilines is 1. The fraction of sp³-hybridized carbons (Fsp3) is 0.429. The number of nitrogens with one attached hydrogen (secondary N) is 1. The molecule has 1 aromatic carbocycles. The SMILES string of the molecule is O=C1OCCN2CC3(CC12)C(=O)Nc1ccccc13. The molecule has 1 N–H and O–H groups in total. The Bertz CT molecular complexity index is 586. The Balaban J connectivity index is 1.79. The molecule has 0 radical (unpaired) electrons. The molecular weight excluding hydrogens is 244 g/mol. The van der Waals surface area contributed by atoms with Gasteiger partial charge in [-0.2, -0.15) is 0 Å². The lowest BCUT2D eigenvalue weighted by Crippen LogP contribution is -2.44. The van der Waals surface area contributed by atoms with E-state index in [1.54, 1.807) is 0 Å². The molecule has 2 saturated heterocycles. The van der Waals surface area contributed by atoms with E-state index in [2.05, 4.69) is 10.2 Å². The zero-order valence-electron chi connectivity index (χ0n) is 10.4. The third kappa shape index (κ3) is 1.33. The fourth-order valence-corrected chi connectivity index (χ4v) is 3.54. The molecule has 0 aromatic heterocycles. The Labute approximate surface area is 110 Å². The quantitative estimate of drug-likeness (QED) is 0.689. The van der Waals surface area contributed by atoms with Crippen molar-refractivity contribution in [1.29, 1.82) is 0 Å². The second kappa shape index (κ2) is 3.57. The zero-order chi connectivity index (χ0) is 13.0. The topological polar surface area (TPSA) is 58.6 Å². The average molecular weight is 258 g/mol. The number of nitrogens with zero attached hydrogens (tertiary/aromatic N) is 1. The summed E-state index contributed by atoms with van der Waals surface area (Å²) in [5.74, 6) is -0.184. The standard InChI is InChI=1S/C14H14N2O3/c17-12-11-7-14(8-16(11)5-6-19-12)9-3-1-2-4-10(9)15-13(14)18/h1-4,11H,5-8H2,(H,15,18). The van der Waals surface area contributed by atoms with E-state index in [0.29, 0.717) is 26.1 Å². The molecule has 4 rings (SSSR count). The highest BCUT2D eigenvalue weighted by atomic mass is 16.5. The Hall–Kier alpha value is -1.88. The van der Waals surface area contributed by atoms with Gasteiger partial charge in [-0.25, -0.2) is 0 Å². The maximum atomic E-state index is 12.4. The number of hydrogen-bond donors (Lipinski definition) is 1. The van der Waals surface area contributed by atoms with Gasteiger partial charge in [0, 0.05) is 18.8 Å². The van der Waals surface area contributed by atoms with Crippen LogP contribution in [-0.4, -0.2) is 42.5 Å². The second-order valence-electron chi connectivity index (χ2n) is 5.44. The number of esters is 1. The van der Waals surface area contributed by atoms with Gasteiger partial charge < -0.3 is 10.1 Å². The van der Waals surface area contributed by atoms with E-state index >= 15 is 0 Å². The Kier molecular flexibility index (Phi) is 2.07. The van der Waals surface area contributed by atoms with Crippen LogP contribution in [0.3, 0.4) is 0 Å². The summed E-state index contributed by atoms with van der Waals surface area (Å²) in [5.41, 5.74) is 1.31. The van der Waals surface area contributed by atoms with Gasteiger partial charge in [-0.05, 0) is 18.1 Å². The lowest BCUT2D eigenvalue weighted by atomic mass is 9.79. The van der Waals surface area contributed by atoms with Gasteiger partial charge in [-0.15, -0.1) is 0 Å². The van der Waals surface area contributed by atoms with Crippen LogP contribution in [0.15, 0.2) is 24.3 Å². The minimum absolute atomic E-state index is 0.0101. The van der Waals surface area contributed by atoms with Crippen molar-refractivity contribution in [2.75, 3.05) is 25.0 Å². The molecular formula is C14H14N2O3. The Morgan fingerprint density at radius 3 is 3.00 bits per heavy atom. The van der Waals surface area contributed by atoms with Crippen molar-refractivity contribution in [2.45, 2.75) is 17.9 Å². The van der Waals surface area contributed by atoms with Gasteiger partial charge in [0.1, 0.15) is 12.6 Å². The van der Waals surface area contributed by atoms with Crippen molar-refractivity contribution in [2.24, 2.45) is 0 Å². The predicted octanol–water partition coefficient (Wildman–Crippen LogP) is 0.508. The highest BCUT2D eigenvalue weighted by Crippen LogP contribution is 2.46. The molecule has 2 fully saturated rings. The molecule has 3 aliphatic heterocycles. The minimum Gasteiger partial charge on any atom is -0.463 e. The van der Waals surface area contributed by atoms with Crippen molar-refractivity contribution in [3.05, 3.63) is 29.8 Å². The number of carbonyl (C=O) groups is 2. The van der Waals surface area contributed by atoms with Crippen molar-refractivity contribution in [3.63, 3.8) is 0 Å². The summed E-state index contributed by atoms with van der Waals surface area (Å²) >= 11 is 0. The smallest absolute Gasteiger partial charge is 0.323 e. The molecule has 98 valence electrons. The number of para-hydroxylation sites is 1. The number of cyclic esters (lactones) is 1. The summed E-state index contributed by atoms with van der Waals surface area (Å²) in [6.07, 6.45) is 0.523. The van der Waals surface area contributed by atoms with Gasteiger partial charge in [0.15, 0.2) is 0 Å². The second-order valence-corrected chi connectivity index (χ2v) is 5.44. The van der Waals surface area contributed by atoms with Gasteiger partial charge in [0.05, 0.1) is 5.41 Å². The summed E-state index contributed by atoms with van der Waals surface area (Å²) in [5, 5.41) is 2.94. The number of benzene rings is 1. The highest BCUT2D eigenvalue weighted by molar-refractivity contribution is 6.07. The van der Waals surface area contributed by atoms with E-state index in [4.69, 9.17) is 4.74 Å². The van der Waals surface area contributed by atoms with E-state index in [1.807, 2.05) is 24.3 Å². The molecule has 5 heteroatoms. The molecule has 0 saturated carbocycles. The zero-order valence-corrected chi connectivity index (χ0v) is 10.4. The number of amides is 1. The first-order valence-electron chi connectivity index (χ1n) is 6.52. The van der Waals surface area contributed by atoms with Gasteiger partial charge >= 0.3 is 5.97 Å². The molecule has 3 aliphatic rings. The van der Waals surface area contributed by atoms with Gasteiger partial charge in [0.2, 0.25) is 5.91 Å². The van der Waals surface area contributed by atoms with E-state index in [1.165, 1.54) is 0 Å². The number of morpholine rings is 1. The average Bonchev–Trinajstić information content (AvgIpc) is 2.92. The van der Waals surface area contributed by atoms with Crippen LogP contribution in [0.5, 0.6) is 0 Å². The first-order chi connectivity index (χ1) is 9.21. The summed E-state index contributed by atoms with van der Waals surface area (Å²) in [7, 11) is 0. The normalized spacial score (nSPS) is 32.9. The first-order valence-corrected chi connectivity index (χ1v) is 6.52. The van der Waals surface area contributed by atoms with Gasteiger partial charge in [-0.1, -0.05) is 18.2 Å². The number of ether oxygens (including phenoxy) is 1. The molecule has 2 atom stereocenters. The highest BCUT2D eigenvalue weighted by Gasteiger charge is 2.57. The van der Waals surface area contributed by atoms with Crippen LogP contribution in [-0.2, 0) is 19.7 Å². The molecule has 1 amide bonds. The third-order valence-corrected chi connectivity index (χ3v) is 4.48. The number of fused-ring (bicyclic) bond motifs is 3. The molecule has 1 spiro atoms.